The molecule has 0 fully saturated rings. The Labute approximate surface area is 180 Å². The summed E-state index contributed by atoms with van der Waals surface area (Å²) in [6.07, 6.45) is -0.762. The lowest BCUT2D eigenvalue weighted by atomic mass is 10.1. The highest BCUT2D eigenvalue weighted by atomic mass is 19.4. The molecule has 8 nitrogen and oxygen atoms in total. The van der Waals surface area contributed by atoms with Crippen LogP contribution in [0.5, 0.6) is 17.2 Å². The van der Waals surface area contributed by atoms with E-state index in [2.05, 4.69) is 25.2 Å². The summed E-state index contributed by atoms with van der Waals surface area (Å²) < 4.78 is 51.0. The van der Waals surface area contributed by atoms with Gasteiger partial charge in [-0.1, -0.05) is 0 Å². The van der Waals surface area contributed by atoms with Crippen LogP contribution in [0.25, 0.3) is 11.3 Å². The van der Waals surface area contributed by atoms with Crippen LogP contribution in [0, 0.1) is 0 Å². The Morgan fingerprint density at radius 1 is 1.00 bits per heavy atom. The van der Waals surface area contributed by atoms with Crippen LogP contribution in [0.1, 0.15) is 16.1 Å². The van der Waals surface area contributed by atoms with Crippen molar-refractivity contribution in [3.63, 3.8) is 0 Å². The van der Waals surface area contributed by atoms with Crippen molar-refractivity contribution in [2.45, 2.75) is 6.36 Å². The number of aromatic nitrogens is 2. The third-order valence-electron chi connectivity index (χ3n) is 4.00. The monoisotopic (exact) mass is 446 g/mol. The smallest absolute Gasteiger partial charge is 0.497 e. The van der Waals surface area contributed by atoms with Crippen molar-refractivity contribution < 1.29 is 32.2 Å². The lowest BCUT2D eigenvalue weighted by Crippen LogP contribution is -2.19. The van der Waals surface area contributed by atoms with Gasteiger partial charge in [0.15, 0.2) is 0 Å². The number of hydrazone groups is 1. The Kier molecular flexibility index (Phi) is 6.88. The van der Waals surface area contributed by atoms with E-state index in [9.17, 15) is 18.0 Å². The summed E-state index contributed by atoms with van der Waals surface area (Å²) in [5, 5.41) is 3.89. The molecule has 0 unspecified atom stereocenters. The van der Waals surface area contributed by atoms with Crippen molar-refractivity contribution in [3.8, 4) is 28.5 Å². The minimum Gasteiger partial charge on any atom is -0.497 e. The summed E-state index contributed by atoms with van der Waals surface area (Å²) >= 11 is 0. The third-order valence-corrected chi connectivity index (χ3v) is 4.00. The van der Waals surface area contributed by atoms with Gasteiger partial charge in [-0.3, -0.25) is 9.78 Å². The van der Waals surface area contributed by atoms with Crippen LogP contribution in [0.15, 0.2) is 60.0 Å². The number of methoxy groups -OCH3 is 2. The van der Waals surface area contributed by atoms with E-state index in [-0.39, 0.29) is 17.1 Å². The summed E-state index contributed by atoms with van der Waals surface area (Å²) in [7, 11) is 3.03. The molecule has 11 heteroatoms. The average Bonchev–Trinajstić information content (AvgIpc) is 2.78. The predicted octanol–water partition coefficient (Wildman–Crippen LogP) is 3.82. The summed E-state index contributed by atoms with van der Waals surface area (Å²) in [5.41, 5.74) is 3.68. The summed E-state index contributed by atoms with van der Waals surface area (Å²) in [5.74, 6) is 0.124. The van der Waals surface area contributed by atoms with E-state index >= 15 is 0 Å². The van der Waals surface area contributed by atoms with Crippen molar-refractivity contribution in [2.75, 3.05) is 14.2 Å². The van der Waals surface area contributed by atoms with E-state index in [0.717, 1.165) is 12.1 Å². The largest absolute Gasteiger partial charge is 0.573 e. The van der Waals surface area contributed by atoms with Crippen LogP contribution in [0.3, 0.4) is 0 Å². The number of nitrogens with zero attached hydrogens (tertiary/aromatic N) is 3. The van der Waals surface area contributed by atoms with Crippen molar-refractivity contribution in [1.29, 1.82) is 0 Å². The van der Waals surface area contributed by atoms with Crippen LogP contribution in [0.2, 0.25) is 0 Å². The lowest BCUT2D eigenvalue weighted by molar-refractivity contribution is -0.274. The molecule has 0 aliphatic carbocycles. The number of hydrogen-bond acceptors (Lipinski definition) is 7. The molecule has 1 heterocycles. The van der Waals surface area contributed by atoms with Gasteiger partial charge in [-0.15, -0.1) is 13.2 Å². The van der Waals surface area contributed by atoms with Gasteiger partial charge in [0.1, 0.15) is 22.9 Å². The Morgan fingerprint density at radius 2 is 1.66 bits per heavy atom. The van der Waals surface area contributed by atoms with Gasteiger partial charge in [-0.2, -0.15) is 5.10 Å². The zero-order chi connectivity index (χ0) is 23.1. The van der Waals surface area contributed by atoms with Crippen LogP contribution < -0.4 is 19.6 Å². The topological polar surface area (TPSA) is 94.9 Å². The number of carbonyl (C=O) groups is 1. The molecule has 0 saturated heterocycles. The van der Waals surface area contributed by atoms with Crippen molar-refractivity contribution in [1.82, 2.24) is 15.4 Å². The molecule has 1 aromatic heterocycles. The number of amides is 1. The first-order valence-corrected chi connectivity index (χ1v) is 9.02. The Balaban J connectivity index is 1.70. The third kappa shape index (κ3) is 6.17. The van der Waals surface area contributed by atoms with Crippen LogP contribution in [-0.2, 0) is 0 Å². The van der Waals surface area contributed by atoms with Gasteiger partial charge in [-0.25, -0.2) is 10.4 Å². The minimum atomic E-state index is -4.78. The summed E-state index contributed by atoms with van der Waals surface area (Å²) in [6, 6.07) is 10.1. The van der Waals surface area contributed by atoms with E-state index < -0.39 is 12.3 Å². The van der Waals surface area contributed by atoms with Crippen LogP contribution >= 0.6 is 0 Å². The number of ether oxygens (including phenoxy) is 3. The second-order valence-electron chi connectivity index (χ2n) is 6.21. The van der Waals surface area contributed by atoms with Gasteiger partial charge in [0.25, 0.3) is 5.91 Å². The van der Waals surface area contributed by atoms with E-state index in [0.29, 0.717) is 22.6 Å². The Bertz CT molecular complexity index is 1100. The fraction of sp³-hybridized carbons (Fsp3) is 0.143. The summed E-state index contributed by atoms with van der Waals surface area (Å²) in [6.45, 7) is 0. The van der Waals surface area contributed by atoms with E-state index in [1.54, 1.807) is 18.2 Å². The van der Waals surface area contributed by atoms with E-state index in [1.165, 1.54) is 45.0 Å². The van der Waals surface area contributed by atoms with Gasteiger partial charge in [0.05, 0.1) is 38.5 Å². The maximum atomic E-state index is 12.4. The molecule has 0 atom stereocenters. The zero-order valence-electron chi connectivity index (χ0n) is 16.9. The molecular weight excluding hydrogens is 429 g/mol. The molecule has 1 N–H and O–H groups in total. The maximum Gasteiger partial charge on any atom is 0.573 e. The molecular formula is C21H17F3N4O4. The van der Waals surface area contributed by atoms with Crippen LogP contribution in [-0.4, -0.2) is 42.7 Å². The van der Waals surface area contributed by atoms with Crippen molar-refractivity contribution >= 4 is 12.1 Å². The minimum absolute atomic E-state index is 0.0292. The quantitative estimate of drug-likeness (QED) is 0.438. The standard InChI is InChI=1S/C21H17F3N4O4/c1-30-16-7-13(8-17(9-16)31-2)10-26-28-20(29)19-12-25-11-18(27-19)14-3-5-15(6-4-14)32-21(22,23)24/h3-12H,1-2H3,(H,28,29). The number of rotatable bonds is 7. The second kappa shape index (κ2) is 9.77. The first-order valence-electron chi connectivity index (χ1n) is 9.02. The van der Waals surface area contributed by atoms with Crippen LogP contribution in [0.4, 0.5) is 13.2 Å². The highest BCUT2D eigenvalue weighted by Crippen LogP contribution is 2.25. The highest BCUT2D eigenvalue weighted by Gasteiger charge is 2.31. The molecule has 32 heavy (non-hydrogen) atoms. The fourth-order valence-electron chi connectivity index (χ4n) is 2.57. The maximum absolute atomic E-state index is 12.4. The molecule has 0 aliphatic heterocycles. The molecule has 1 amide bonds. The molecule has 0 spiro atoms. The molecule has 0 radical (unpaired) electrons. The number of carbonyl (C=O) groups excluding carboxylic acids is 1. The molecule has 166 valence electrons. The number of nitrogens with one attached hydrogen (secondary N) is 1. The van der Waals surface area contributed by atoms with E-state index in [1.807, 2.05) is 0 Å². The molecule has 3 aromatic rings. The van der Waals surface area contributed by atoms with Gasteiger partial charge in [-0.05, 0) is 36.4 Å². The van der Waals surface area contributed by atoms with Gasteiger partial charge in [0, 0.05) is 17.2 Å². The SMILES string of the molecule is COc1cc(C=NNC(=O)c2cncc(-c3ccc(OC(F)(F)F)cc3)n2)cc(OC)c1. The number of hydrogen-bond donors (Lipinski definition) is 1. The Morgan fingerprint density at radius 3 is 2.25 bits per heavy atom. The second-order valence-corrected chi connectivity index (χ2v) is 6.21. The first kappa shape index (κ1) is 22.5. The average molecular weight is 446 g/mol. The Hall–Kier alpha value is -4.15. The molecule has 2 aromatic carbocycles. The van der Waals surface area contributed by atoms with E-state index in [4.69, 9.17) is 9.47 Å². The normalized spacial score (nSPS) is 11.3. The molecule has 0 saturated carbocycles. The summed E-state index contributed by atoms with van der Waals surface area (Å²) in [4.78, 5) is 20.5. The number of alkyl halides is 3. The van der Waals surface area contributed by atoms with Crippen molar-refractivity contribution in [3.05, 3.63) is 66.1 Å². The van der Waals surface area contributed by atoms with Gasteiger partial charge in [0.2, 0.25) is 0 Å². The molecule has 0 bridgehead atoms. The number of benzene rings is 2. The zero-order valence-corrected chi connectivity index (χ0v) is 16.9. The van der Waals surface area contributed by atoms with Gasteiger partial charge < -0.3 is 14.2 Å². The molecule has 0 aliphatic rings. The van der Waals surface area contributed by atoms with Crippen molar-refractivity contribution in [2.24, 2.45) is 5.10 Å². The first-order chi connectivity index (χ1) is 15.3. The predicted molar refractivity (Wildman–Crippen MR) is 109 cm³/mol. The number of halogens is 3. The van der Waals surface area contributed by atoms with Gasteiger partial charge >= 0.3 is 6.36 Å². The fourth-order valence-corrected chi connectivity index (χ4v) is 2.57. The highest BCUT2D eigenvalue weighted by molar-refractivity contribution is 5.93. The lowest BCUT2D eigenvalue weighted by Gasteiger charge is -2.09. The molecule has 3 rings (SSSR count).